The van der Waals surface area contributed by atoms with E-state index in [9.17, 15) is 0 Å². The van der Waals surface area contributed by atoms with Gasteiger partial charge in [-0.05, 0) is 38.6 Å². The number of nitrogens with zero attached hydrogens (tertiary/aromatic N) is 1. The molecule has 20 heavy (non-hydrogen) atoms. The lowest BCUT2D eigenvalue weighted by atomic mass is 10.2. The first-order valence-electron chi connectivity index (χ1n) is 7.24. The van der Waals surface area contributed by atoms with Crippen molar-refractivity contribution in [2.45, 2.75) is 33.2 Å². The number of aliphatic hydroxyl groups excluding tert-OH is 1. The molecule has 1 aromatic rings. The predicted octanol–water partition coefficient (Wildman–Crippen LogP) is 2.53. The summed E-state index contributed by atoms with van der Waals surface area (Å²) in [6, 6.07) is 8.32. The van der Waals surface area contributed by atoms with Crippen molar-refractivity contribution in [2.75, 3.05) is 26.3 Å². The van der Waals surface area contributed by atoms with Gasteiger partial charge in [0.1, 0.15) is 12.4 Å². The van der Waals surface area contributed by atoms with Crippen molar-refractivity contribution in [2.24, 2.45) is 0 Å². The van der Waals surface area contributed by atoms with Gasteiger partial charge < -0.3 is 9.84 Å². The Balaban J connectivity index is 2.48. The summed E-state index contributed by atoms with van der Waals surface area (Å²) in [4.78, 5) is 2.37. The molecule has 0 aliphatic heterocycles. The van der Waals surface area contributed by atoms with E-state index in [0.717, 1.165) is 24.4 Å². The second-order valence-electron chi connectivity index (χ2n) is 4.87. The van der Waals surface area contributed by atoms with Crippen LogP contribution in [0, 0.1) is 11.8 Å². The van der Waals surface area contributed by atoms with Crippen molar-refractivity contribution in [3.05, 3.63) is 29.8 Å². The van der Waals surface area contributed by atoms with Crippen LogP contribution in [0.3, 0.4) is 0 Å². The van der Waals surface area contributed by atoms with E-state index in [2.05, 4.69) is 37.5 Å². The van der Waals surface area contributed by atoms with Crippen LogP contribution in [-0.2, 0) is 0 Å². The first kappa shape index (κ1) is 16.6. The van der Waals surface area contributed by atoms with Gasteiger partial charge in [0, 0.05) is 24.6 Å². The maximum absolute atomic E-state index is 8.70. The summed E-state index contributed by atoms with van der Waals surface area (Å²) < 4.78 is 5.78. The van der Waals surface area contributed by atoms with Crippen molar-refractivity contribution >= 4 is 0 Å². The van der Waals surface area contributed by atoms with Gasteiger partial charge in [-0.25, -0.2) is 0 Å². The lowest BCUT2D eigenvalue weighted by Gasteiger charge is -2.24. The first-order valence-corrected chi connectivity index (χ1v) is 7.24. The number of likely N-dealkylation sites (N-methyl/N-ethyl adjacent to an activating group) is 1. The molecular weight excluding hydrogens is 250 g/mol. The Morgan fingerprint density at radius 2 is 2.15 bits per heavy atom. The highest BCUT2D eigenvalue weighted by Crippen LogP contribution is 2.12. The number of benzene rings is 1. The van der Waals surface area contributed by atoms with Crippen molar-refractivity contribution < 1.29 is 9.84 Å². The molecule has 0 aliphatic rings. The van der Waals surface area contributed by atoms with Crippen LogP contribution in [0.4, 0.5) is 0 Å². The maximum atomic E-state index is 8.70. The second kappa shape index (κ2) is 9.41. The molecule has 0 atom stereocenters. The van der Waals surface area contributed by atoms with Gasteiger partial charge >= 0.3 is 0 Å². The minimum Gasteiger partial charge on any atom is -0.492 e. The summed E-state index contributed by atoms with van der Waals surface area (Å²) >= 11 is 0. The minimum atomic E-state index is 0.102. The van der Waals surface area contributed by atoms with Crippen LogP contribution in [0.5, 0.6) is 5.75 Å². The van der Waals surface area contributed by atoms with Gasteiger partial charge in [0.2, 0.25) is 0 Å². The fourth-order valence-electron chi connectivity index (χ4n) is 1.95. The SMILES string of the molecule is CCN(CCOc1cccc(C#CCCO)c1)C(C)C. The zero-order chi connectivity index (χ0) is 14.8. The quantitative estimate of drug-likeness (QED) is 0.776. The molecule has 3 heteroatoms. The Morgan fingerprint density at radius 1 is 1.35 bits per heavy atom. The Hall–Kier alpha value is -1.50. The Kier molecular flexibility index (Phi) is 7.79. The molecule has 0 aromatic heterocycles. The highest BCUT2D eigenvalue weighted by Gasteiger charge is 2.06. The molecule has 0 amide bonds. The van der Waals surface area contributed by atoms with Gasteiger partial charge in [-0.3, -0.25) is 4.90 Å². The van der Waals surface area contributed by atoms with Gasteiger partial charge in [-0.1, -0.05) is 24.8 Å². The van der Waals surface area contributed by atoms with Gasteiger partial charge in [0.15, 0.2) is 0 Å². The smallest absolute Gasteiger partial charge is 0.120 e. The summed E-state index contributed by atoms with van der Waals surface area (Å²) in [5.74, 6) is 6.78. The lowest BCUT2D eigenvalue weighted by molar-refractivity contribution is 0.183. The molecule has 0 saturated carbocycles. The van der Waals surface area contributed by atoms with Crippen LogP contribution in [0.2, 0.25) is 0 Å². The molecule has 110 valence electrons. The summed E-state index contributed by atoms with van der Waals surface area (Å²) in [6.07, 6.45) is 0.505. The highest BCUT2D eigenvalue weighted by molar-refractivity contribution is 5.39. The largest absolute Gasteiger partial charge is 0.492 e. The number of hydrogen-bond donors (Lipinski definition) is 1. The van der Waals surface area contributed by atoms with Crippen LogP contribution in [0.25, 0.3) is 0 Å². The van der Waals surface area contributed by atoms with E-state index < -0.39 is 0 Å². The van der Waals surface area contributed by atoms with Crippen LogP contribution in [0.15, 0.2) is 24.3 Å². The summed E-state index contributed by atoms with van der Waals surface area (Å²) in [6.45, 7) is 9.30. The minimum absolute atomic E-state index is 0.102. The predicted molar refractivity (Wildman–Crippen MR) is 82.9 cm³/mol. The van der Waals surface area contributed by atoms with Crippen molar-refractivity contribution in [3.8, 4) is 17.6 Å². The molecule has 3 nitrogen and oxygen atoms in total. The van der Waals surface area contributed by atoms with Crippen molar-refractivity contribution in [1.82, 2.24) is 4.90 Å². The number of ether oxygens (including phenoxy) is 1. The van der Waals surface area contributed by atoms with E-state index in [0.29, 0.717) is 19.1 Å². The Morgan fingerprint density at radius 3 is 2.80 bits per heavy atom. The molecule has 0 unspecified atom stereocenters. The number of hydrogen-bond acceptors (Lipinski definition) is 3. The molecular formula is C17H25NO2. The maximum Gasteiger partial charge on any atom is 0.120 e. The normalized spacial score (nSPS) is 10.5. The third kappa shape index (κ3) is 6.10. The molecule has 0 aliphatic carbocycles. The molecule has 0 fully saturated rings. The molecule has 0 bridgehead atoms. The van der Waals surface area contributed by atoms with E-state index in [1.807, 2.05) is 24.3 Å². The van der Waals surface area contributed by atoms with Crippen LogP contribution >= 0.6 is 0 Å². The lowest BCUT2D eigenvalue weighted by Crippen LogP contribution is -2.34. The Bertz CT molecular complexity index is 446. The van der Waals surface area contributed by atoms with Crippen molar-refractivity contribution in [3.63, 3.8) is 0 Å². The molecule has 0 radical (unpaired) electrons. The third-order valence-electron chi connectivity index (χ3n) is 3.09. The third-order valence-corrected chi connectivity index (χ3v) is 3.09. The van der Waals surface area contributed by atoms with E-state index in [-0.39, 0.29) is 6.61 Å². The fourth-order valence-corrected chi connectivity index (χ4v) is 1.95. The van der Waals surface area contributed by atoms with E-state index in [4.69, 9.17) is 9.84 Å². The molecule has 1 N–H and O–H groups in total. The molecule has 1 aromatic carbocycles. The van der Waals surface area contributed by atoms with E-state index >= 15 is 0 Å². The van der Waals surface area contributed by atoms with Crippen molar-refractivity contribution in [1.29, 1.82) is 0 Å². The standard InChI is InChI=1S/C17H25NO2/c1-4-18(15(2)3)11-13-20-17-10-7-9-16(14-17)8-5-6-12-19/h7,9-10,14-15,19H,4,6,11-13H2,1-3H3. The van der Waals surface area contributed by atoms with E-state index in [1.54, 1.807) is 0 Å². The Labute approximate surface area is 122 Å². The average Bonchev–Trinajstić information content (AvgIpc) is 2.44. The van der Waals surface area contributed by atoms with Crippen LogP contribution in [-0.4, -0.2) is 42.4 Å². The highest BCUT2D eigenvalue weighted by atomic mass is 16.5. The van der Waals surface area contributed by atoms with Gasteiger partial charge in [-0.15, -0.1) is 0 Å². The van der Waals surface area contributed by atoms with Crippen LogP contribution < -0.4 is 4.74 Å². The fraction of sp³-hybridized carbons (Fsp3) is 0.529. The molecule has 1 rings (SSSR count). The van der Waals surface area contributed by atoms with Gasteiger partial charge in [0.05, 0.1) is 6.61 Å². The molecule has 0 spiro atoms. The topological polar surface area (TPSA) is 32.7 Å². The monoisotopic (exact) mass is 275 g/mol. The summed E-state index contributed by atoms with van der Waals surface area (Å²) in [5, 5.41) is 8.70. The second-order valence-corrected chi connectivity index (χ2v) is 4.87. The zero-order valence-corrected chi connectivity index (χ0v) is 12.7. The molecule has 0 heterocycles. The number of rotatable bonds is 7. The summed E-state index contributed by atoms with van der Waals surface area (Å²) in [5.41, 5.74) is 0.923. The average molecular weight is 275 g/mol. The van der Waals surface area contributed by atoms with E-state index in [1.165, 1.54) is 0 Å². The van der Waals surface area contributed by atoms with Gasteiger partial charge in [0.25, 0.3) is 0 Å². The number of aliphatic hydroxyl groups is 1. The van der Waals surface area contributed by atoms with Gasteiger partial charge in [-0.2, -0.15) is 0 Å². The molecule has 0 saturated heterocycles. The summed E-state index contributed by atoms with van der Waals surface area (Å²) in [7, 11) is 0. The first-order chi connectivity index (χ1) is 9.67. The van der Waals surface area contributed by atoms with Crippen LogP contribution in [0.1, 0.15) is 32.8 Å². The zero-order valence-electron chi connectivity index (χ0n) is 12.7.